The molecule has 0 radical (unpaired) electrons. The molecule has 0 unspecified atom stereocenters. The van der Waals surface area contributed by atoms with E-state index < -0.39 is 5.97 Å². The van der Waals surface area contributed by atoms with Gasteiger partial charge in [0.25, 0.3) is 0 Å². The molecule has 106 valence electrons. The van der Waals surface area contributed by atoms with Crippen molar-refractivity contribution in [3.8, 4) is 5.75 Å². The standard InChI is InChI=1S/C17H14O3S/c1-11-4-2-5-13(8-11)20-9-12-10-21-16-14(12)6-3-7-15(16)17(18)19/h2-8,10H,9H2,1H3,(H,18,19). The average Bonchev–Trinajstić information content (AvgIpc) is 2.88. The molecule has 0 aliphatic heterocycles. The van der Waals surface area contributed by atoms with Gasteiger partial charge in [0.2, 0.25) is 0 Å². The first kappa shape index (κ1) is 13.6. The lowest BCUT2D eigenvalue weighted by atomic mass is 10.1. The van der Waals surface area contributed by atoms with E-state index >= 15 is 0 Å². The number of carboxylic acids is 1. The van der Waals surface area contributed by atoms with Crippen molar-refractivity contribution in [3.05, 3.63) is 64.5 Å². The number of carboxylic acid groups (broad SMARTS) is 1. The molecule has 1 heterocycles. The van der Waals surface area contributed by atoms with Gasteiger partial charge in [0.1, 0.15) is 12.4 Å². The Labute approximate surface area is 126 Å². The number of hydrogen-bond donors (Lipinski definition) is 1. The van der Waals surface area contributed by atoms with Crippen molar-refractivity contribution in [1.82, 2.24) is 0 Å². The Hall–Kier alpha value is -2.33. The van der Waals surface area contributed by atoms with Crippen LogP contribution in [0, 0.1) is 6.92 Å². The van der Waals surface area contributed by atoms with Gasteiger partial charge in [-0.25, -0.2) is 4.79 Å². The van der Waals surface area contributed by atoms with Gasteiger partial charge in [-0.1, -0.05) is 24.3 Å². The van der Waals surface area contributed by atoms with E-state index in [1.807, 2.05) is 42.6 Å². The van der Waals surface area contributed by atoms with Crippen molar-refractivity contribution in [3.63, 3.8) is 0 Å². The number of aromatic carboxylic acids is 1. The molecular weight excluding hydrogens is 284 g/mol. The molecular formula is C17H14O3S. The molecule has 21 heavy (non-hydrogen) atoms. The van der Waals surface area contributed by atoms with Gasteiger partial charge in [-0.2, -0.15) is 0 Å². The molecule has 1 aromatic heterocycles. The van der Waals surface area contributed by atoms with Crippen LogP contribution in [0.1, 0.15) is 21.5 Å². The summed E-state index contributed by atoms with van der Waals surface area (Å²) in [6, 6.07) is 13.2. The van der Waals surface area contributed by atoms with Gasteiger partial charge in [-0.05, 0) is 41.5 Å². The molecule has 3 nitrogen and oxygen atoms in total. The largest absolute Gasteiger partial charge is 0.489 e. The fourth-order valence-electron chi connectivity index (χ4n) is 2.26. The molecule has 0 bridgehead atoms. The predicted octanol–water partition coefficient (Wildman–Crippen LogP) is 4.49. The van der Waals surface area contributed by atoms with Crippen LogP contribution in [0.2, 0.25) is 0 Å². The van der Waals surface area contributed by atoms with Crippen LogP contribution >= 0.6 is 11.3 Å². The second-order valence-electron chi connectivity index (χ2n) is 4.85. The Balaban J connectivity index is 1.88. The highest BCUT2D eigenvalue weighted by atomic mass is 32.1. The first-order valence-electron chi connectivity index (χ1n) is 6.57. The quantitative estimate of drug-likeness (QED) is 0.772. The van der Waals surface area contributed by atoms with E-state index in [0.717, 1.165) is 27.0 Å². The fourth-order valence-corrected chi connectivity index (χ4v) is 3.32. The van der Waals surface area contributed by atoms with Crippen LogP contribution in [-0.2, 0) is 6.61 Å². The highest BCUT2D eigenvalue weighted by molar-refractivity contribution is 7.17. The van der Waals surface area contributed by atoms with E-state index in [9.17, 15) is 9.90 Å². The van der Waals surface area contributed by atoms with Gasteiger partial charge in [0, 0.05) is 10.3 Å². The Morgan fingerprint density at radius 3 is 2.81 bits per heavy atom. The Morgan fingerprint density at radius 2 is 2.05 bits per heavy atom. The third kappa shape index (κ3) is 2.76. The second kappa shape index (κ2) is 5.58. The summed E-state index contributed by atoms with van der Waals surface area (Å²) in [4.78, 5) is 11.2. The minimum absolute atomic E-state index is 0.347. The number of benzene rings is 2. The number of aryl methyl sites for hydroxylation is 1. The third-order valence-electron chi connectivity index (χ3n) is 3.29. The zero-order chi connectivity index (χ0) is 14.8. The highest BCUT2D eigenvalue weighted by Crippen LogP contribution is 2.30. The van der Waals surface area contributed by atoms with Gasteiger partial charge in [-0.3, -0.25) is 0 Å². The molecule has 0 aliphatic carbocycles. The second-order valence-corrected chi connectivity index (χ2v) is 5.73. The highest BCUT2D eigenvalue weighted by Gasteiger charge is 2.12. The summed E-state index contributed by atoms with van der Waals surface area (Å²) in [6.07, 6.45) is 0. The number of thiophene rings is 1. The minimum atomic E-state index is -0.895. The summed E-state index contributed by atoms with van der Waals surface area (Å²) in [5, 5.41) is 12.1. The third-order valence-corrected chi connectivity index (χ3v) is 4.37. The van der Waals surface area contributed by atoms with Gasteiger partial charge in [0.05, 0.1) is 5.56 Å². The molecule has 2 aromatic carbocycles. The lowest BCUT2D eigenvalue weighted by molar-refractivity contribution is 0.0699. The maximum atomic E-state index is 11.2. The summed E-state index contributed by atoms with van der Waals surface area (Å²) in [5.74, 6) is -0.0719. The molecule has 0 saturated heterocycles. The van der Waals surface area contributed by atoms with Gasteiger partial charge < -0.3 is 9.84 Å². The number of hydrogen-bond acceptors (Lipinski definition) is 3. The Morgan fingerprint density at radius 1 is 1.24 bits per heavy atom. The topological polar surface area (TPSA) is 46.5 Å². The van der Waals surface area contributed by atoms with Crippen LogP contribution in [0.25, 0.3) is 10.1 Å². The molecule has 0 fully saturated rings. The first-order valence-corrected chi connectivity index (χ1v) is 7.45. The van der Waals surface area contributed by atoms with Crippen molar-refractivity contribution < 1.29 is 14.6 Å². The summed E-state index contributed by atoms with van der Waals surface area (Å²) in [6.45, 7) is 2.46. The SMILES string of the molecule is Cc1cccc(OCc2csc3c(C(=O)O)cccc23)c1. The molecule has 4 heteroatoms. The number of carbonyl (C=O) groups is 1. The summed E-state index contributed by atoms with van der Waals surface area (Å²) in [7, 11) is 0. The van der Waals surface area contributed by atoms with Crippen LogP contribution in [0.5, 0.6) is 5.75 Å². The number of ether oxygens (including phenoxy) is 1. The minimum Gasteiger partial charge on any atom is -0.489 e. The van der Waals surface area contributed by atoms with E-state index in [2.05, 4.69) is 0 Å². The molecule has 0 saturated carbocycles. The zero-order valence-electron chi connectivity index (χ0n) is 11.5. The lowest BCUT2D eigenvalue weighted by Crippen LogP contribution is -1.97. The number of fused-ring (bicyclic) bond motifs is 1. The van der Waals surface area contributed by atoms with Crippen LogP contribution in [0.3, 0.4) is 0 Å². The van der Waals surface area contributed by atoms with Gasteiger partial charge in [-0.15, -0.1) is 11.3 Å². The molecule has 3 aromatic rings. The lowest BCUT2D eigenvalue weighted by Gasteiger charge is -2.06. The molecule has 0 aliphatic rings. The Bertz CT molecular complexity index is 805. The molecule has 3 rings (SSSR count). The van der Waals surface area contributed by atoms with E-state index in [0.29, 0.717) is 12.2 Å². The smallest absolute Gasteiger partial charge is 0.337 e. The maximum absolute atomic E-state index is 11.2. The van der Waals surface area contributed by atoms with E-state index in [-0.39, 0.29) is 0 Å². The predicted molar refractivity (Wildman–Crippen MR) is 84.3 cm³/mol. The summed E-state index contributed by atoms with van der Waals surface area (Å²) >= 11 is 1.45. The summed E-state index contributed by atoms with van der Waals surface area (Å²) < 4.78 is 6.60. The summed E-state index contributed by atoms with van der Waals surface area (Å²) in [5.41, 5.74) is 2.51. The van der Waals surface area contributed by atoms with Crippen LogP contribution in [0.4, 0.5) is 0 Å². The Kier molecular flexibility index (Phi) is 3.62. The fraction of sp³-hybridized carbons (Fsp3) is 0.118. The van der Waals surface area contributed by atoms with Crippen LogP contribution in [-0.4, -0.2) is 11.1 Å². The van der Waals surface area contributed by atoms with Crippen LogP contribution < -0.4 is 4.74 Å². The van der Waals surface area contributed by atoms with Crippen molar-refractivity contribution in [1.29, 1.82) is 0 Å². The molecule has 0 spiro atoms. The molecule has 0 atom stereocenters. The monoisotopic (exact) mass is 298 g/mol. The molecule has 1 N–H and O–H groups in total. The first-order chi connectivity index (χ1) is 10.1. The molecule has 0 amide bonds. The maximum Gasteiger partial charge on any atom is 0.337 e. The van der Waals surface area contributed by atoms with E-state index in [1.165, 1.54) is 11.3 Å². The average molecular weight is 298 g/mol. The van der Waals surface area contributed by atoms with E-state index in [4.69, 9.17) is 4.74 Å². The van der Waals surface area contributed by atoms with Gasteiger partial charge >= 0.3 is 5.97 Å². The van der Waals surface area contributed by atoms with Gasteiger partial charge in [0.15, 0.2) is 0 Å². The van der Waals surface area contributed by atoms with Crippen LogP contribution in [0.15, 0.2) is 47.8 Å². The van der Waals surface area contributed by atoms with Crippen molar-refractivity contribution in [2.24, 2.45) is 0 Å². The number of rotatable bonds is 4. The van der Waals surface area contributed by atoms with Crippen molar-refractivity contribution in [2.45, 2.75) is 13.5 Å². The zero-order valence-corrected chi connectivity index (χ0v) is 12.3. The van der Waals surface area contributed by atoms with Crippen molar-refractivity contribution >= 4 is 27.4 Å². The normalized spacial score (nSPS) is 10.7. The van der Waals surface area contributed by atoms with Crippen molar-refractivity contribution in [2.75, 3.05) is 0 Å². The van der Waals surface area contributed by atoms with E-state index in [1.54, 1.807) is 12.1 Å².